The van der Waals surface area contributed by atoms with Gasteiger partial charge in [0, 0.05) is 32.5 Å². The minimum Gasteiger partial charge on any atom is -0.461 e. The molecule has 0 heterocycles. The SMILES string of the molecule is CCN(Cc1ccccc1-c1cc(Cl)c(C(F)(F)F)c(COC(C)=O)c1)C(C)=O. The molecule has 0 saturated heterocycles. The molecule has 0 N–H and O–H groups in total. The number of carbonyl (C=O) groups is 2. The number of nitrogens with zero attached hydrogens (tertiary/aromatic N) is 1. The van der Waals surface area contributed by atoms with Crippen LogP contribution < -0.4 is 0 Å². The van der Waals surface area contributed by atoms with Gasteiger partial charge in [-0.2, -0.15) is 13.2 Å². The van der Waals surface area contributed by atoms with Gasteiger partial charge in [-0.25, -0.2) is 0 Å². The number of carbonyl (C=O) groups excluding carboxylic acids is 2. The van der Waals surface area contributed by atoms with Crippen LogP contribution in [0.3, 0.4) is 0 Å². The first-order valence-electron chi connectivity index (χ1n) is 8.91. The van der Waals surface area contributed by atoms with Crippen molar-refractivity contribution >= 4 is 23.5 Å². The first-order valence-corrected chi connectivity index (χ1v) is 9.29. The smallest absolute Gasteiger partial charge is 0.418 e. The zero-order chi connectivity index (χ0) is 21.8. The lowest BCUT2D eigenvalue weighted by atomic mass is 9.95. The lowest BCUT2D eigenvalue weighted by Crippen LogP contribution is -2.27. The van der Waals surface area contributed by atoms with E-state index in [4.69, 9.17) is 16.3 Å². The van der Waals surface area contributed by atoms with Gasteiger partial charge >= 0.3 is 12.1 Å². The van der Waals surface area contributed by atoms with Crippen LogP contribution >= 0.6 is 11.6 Å². The van der Waals surface area contributed by atoms with E-state index in [1.165, 1.54) is 19.1 Å². The number of benzene rings is 2. The summed E-state index contributed by atoms with van der Waals surface area (Å²) in [6.07, 6.45) is -4.70. The lowest BCUT2D eigenvalue weighted by Gasteiger charge is -2.22. The van der Waals surface area contributed by atoms with Gasteiger partial charge in [0.05, 0.1) is 10.6 Å². The molecule has 0 atom stereocenters. The first kappa shape index (κ1) is 22.7. The molecule has 29 heavy (non-hydrogen) atoms. The van der Waals surface area contributed by atoms with Crippen LogP contribution in [0.25, 0.3) is 11.1 Å². The number of halogens is 4. The van der Waals surface area contributed by atoms with Crippen molar-refractivity contribution in [2.24, 2.45) is 0 Å². The van der Waals surface area contributed by atoms with Gasteiger partial charge in [0.25, 0.3) is 0 Å². The number of rotatable bonds is 6. The maximum Gasteiger partial charge on any atom is 0.418 e. The van der Waals surface area contributed by atoms with Gasteiger partial charge in [-0.15, -0.1) is 0 Å². The molecule has 0 spiro atoms. The molecule has 0 aliphatic carbocycles. The zero-order valence-electron chi connectivity index (χ0n) is 16.3. The van der Waals surface area contributed by atoms with Crippen LogP contribution in [0, 0.1) is 0 Å². The number of hydrogen-bond donors (Lipinski definition) is 0. The quantitative estimate of drug-likeness (QED) is 0.575. The summed E-state index contributed by atoms with van der Waals surface area (Å²) in [6.45, 7) is 4.67. The highest BCUT2D eigenvalue weighted by molar-refractivity contribution is 6.31. The Morgan fingerprint density at radius 2 is 1.76 bits per heavy atom. The molecule has 2 aromatic carbocycles. The van der Waals surface area contributed by atoms with Gasteiger partial charge in [-0.1, -0.05) is 35.9 Å². The fourth-order valence-corrected chi connectivity index (χ4v) is 3.37. The molecule has 0 bridgehead atoms. The first-order chi connectivity index (χ1) is 13.5. The van der Waals surface area contributed by atoms with E-state index in [0.29, 0.717) is 24.2 Å². The van der Waals surface area contributed by atoms with Crippen molar-refractivity contribution in [3.05, 3.63) is 58.1 Å². The monoisotopic (exact) mass is 427 g/mol. The summed E-state index contributed by atoms with van der Waals surface area (Å²) in [6, 6.07) is 9.65. The maximum atomic E-state index is 13.5. The van der Waals surface area contributed by atoms with E-state index in [-0.39, 0.29) is 11.5 Å². The van der Waals surface area contributed by atoms with Gasteiger partial charge in [0.15, 0.2) is 0 Å². The third-order valence-electron chi connectivity index (χ3n) is 4.40. The van der Waals surface area contributed by atoms with Crippen molar-refractivity contribution in [2.45, 2.75) is 40.1 Å². The summed E-state index contributed by atoms with van der Waals surface area (Å²) in [4.78, 5) is 24.5. The molecule has 0 aliphatic heterocycles. The highest BCUT2D eigenvalue weighted by Gasteiger charge is 2.36. The van der Waals surface area contributed by atoms with Crippen LogP contribution in [0.15, 0.2) is 36.4 Å². The van der Waals surface area contributed by atoms with Crippen molar-refractivity contribution in [2.75, 3.05) is 6.54 Å². The average molecular weight is 428 g/mol. The van der Waals surface area contributed by atoms with E-state index in [2.05, 4.69) is 0 Å². The molecule has 0 unspecified atom stereocenters. The normalized spacial score (nSPS) is 11.3. The molecule has 1 amide bonds. The van der Waals surface area contributed by atoms with Gasteiger partial charge in [0.2, 0.25) is 5.91 Å². The van der Waals surface area contributed by atoms with Crippen LogP contribution in [-0.2, 0) is 33.7 Å². The Kier molecular flexibility index (Phi) is 7.30. The van der Waals surface area contributed by atoms with Crippen LogP contribution in [0.2, 0.25) is 5.02 Å². The van der Waals surface area contributed by atoms with E-state index >= 15 is 0 Å². The van der Waals surface area contributed by atoms with E-state index in [0.717, 1.165) is 12.5 Å². The minimum atomic E-state index is -4.70. The fraction of sp³-hybridized carbons (Fsp3) is 0.333. The van der Waals surface area contributed by atoms with Crippen LogP contribution in [0.4, 0.5) is 13.2 Å². The molecule has 8 heteroatoms. The molecule has 0 saturated carbocycles. The summed E-state index contributed by atoms with van der Waals surface area (Å²) in [5, 5.41) is -0.481. The molecule has 0 aliphatic rings. The Bertz CT molecular complexity index is 913. The predicted molar refractivity (Wildman–Crippen MR) is 104 cm³/mol. The molecule has 0 radical (unpaired) electrons. The van der Waals surface area contributed by atoms with E-state index in [1.807, 2.05) is 6.92 Å². The Hall–Kier alpha value is -2.54. The van der Waals surface area contributed by atoms with Crippen LogP contribution in [0.5, 0.6) is 0 Å². The Labute approximate surface area is 172 Å². The average Bonchev–Trinajstić information content (AvgIpc) is 2.62. The molecule has 2 aromatic rings. The molecule has 4 nitrogen and oxygen atoms in total. The fourth-order valence-electron chi connectivity index (χ4n) is 3.02. The lowest BCUT2D eigenvalue weighted by molar-refractivity contribution is -0.145. The van der Waals surface area contributed by atoms with Crippen molar-refractivity contribution in [1.29, 1.82) is 0 Å². The minimum absolute atomic E-state index is 0.108. The maximum absolute atomic E-state index is 13.5. The molecule has 0 fully saturated rings. The summed E-state index contributed by atoms with van der Waals surface area (Å²) in [5.74, 6) is -0.802. The summed E-state index contributed by atoms with van der Waals surface area (Å²) in [7, 11) is 0. The second kappa shape index (κ2) is 9.31. The number of amides is 1. The number of ether oxygens (including phenoxy) is 1. The van der Waals surface area contributed by atoms with Gasteiger partial charge in [0.1, 0.15) is 6.61 Å². The number of alkyl halides is 3. The Morgan fingerprint density at radius 3 is 2.31 bits per heavy atom. The molecule has 0 aromatic heterocycles. The summed E-state index contributed by atoms with van der Waals surface area (Å²) < 4.78 is 45.3. The van der Waals surface area contributed by atoms with Crippen molar-refractivity contribution in [3.8, 4) is 11.1 Å². The zero-order valence-corrected chi connectivity index (χ0v) is 17.0. The number of esters is 1. The topological polar surface area (TPSA) is 46.6 Å². The van der Waals surface area contributed by atoms with Gasteiger partial charge in [-0.3, -0.25) is 9.59 Å². The van der Waals surface area contributed by atoms with Gasteiger partial charge in [-0.05, 0) is 35.7 Å². The standard InChI is InChI=1S/C21H21ClF3NO3/c1-4-26(13(2)27)11-15-7-5-6-8-18(15)16-9-17(12-29-14(3)28)20(19(22)10-16)21(23,24)25/h5-10H,4,11-12H2,1-3H3. The van der Waals surface area contributed by atoms with Crippen molar-refractivity contribution in [3.63, 3.8) is 0 Å². The predicted octanol–water partition coefficient (Wildman–Crippen LogP) is 5.46. The van der Waals surface area contributed by atoms with Gasteiger partial charge < -0.3 is 9.64 Å². The second-order valence-corrected chi connectivity index (χ2v) is 6.87. The highest BCUT2D eigenvalue weighted by atomic mass is 35.5. The molecular formula is C21H21ClF3NO3. The Morgan fingerprint density at radius 1 is 1.10 bits per heavy atom. The van der Waals surface area contributed by atoms with Crippen LogP contribution in [0.1, 0.15) is 37.5 Å². The van der Waals surface area contributed by atoms with Crippen molar-refractivity contribution < 1.29 is 27.5 Å². The Balaban J connectivity index is 2.58. The number of hydrogen-bond acceptors (Lipinski definition) is 3. The van der Waals surface area contributed by atoms with E-state index in [1.54, 1.807) is 29.2 Å². The summed E-state index contributed by atoms with van der Waals surface area (Å²) >= 11 is 6.00. The molecule has 2 rings (SSSR count). The van der Waals surface area contributed by atoms with Crippen molar-refractivity contribution in [1.82, 2.24) is 4.90 Å². The van der Waals surface area contributed by atoms with E-state index < -0.39 is 29.3 Å². The van der Waals surface area contributed by atoms with Crippen LogP contribution in [-0.4, -0.2) is 23.3 Å². The molecular weight excluding hydrogens is 407 g/mol. The summed E-state index contributed by atoms with van der Waals surface area (Å²) in [5.41, 5.74) is 0.593. The molecule has 156 valence electrons. The second-order valence-electron chi connectivity index (χ2n) is 6.46. The highest BCUT2D eigenvalue weighted by Crippen LogP contribution is 2.40. The third-order valence-corrected chi connectivity index (χ3v) is 4.70. The third kappa shape index (κ3) is 5.73. The van der Waals surface area contributed by atoms with E-state index in [9.17, 15) is 22.8 Å². The largest absolute Gasteiger partial charge is 0.461 e.